The summed E-state index contributed by atoms with van der Waals surface area (Å²) < 4.78 is 0. The highest BCUT2D eigenvalue weighted by molar-refractivity contribution is 6.36. The summed E-state index contributed by atoms with van der Waals surface area (Å²) in [5, 5.41) is 5.95. The number of halogens is 3. The van der Waals surface area contributed by atoms with Gasteiger partial charge in [0.2, 0.25) is 0 Å². The SMILES string of the molecule is Cc1nc2c(C)c(Cl)ccc2c(N2CCNCC2)c1Cl.Cl. The number of aromatic nitrogens is 1. The van der Waals surface area contributed by atoms with Crippen LogP contribution in [0.25, 0.3) is 10.9 Å². The molecular weight excluding hydrogens is 329 g/mol. The minimum atomic E-state index is 0. The molecule has 2 heterocycles. The third kappa shape index (κ3) is 2.93. The van der Waals surface area contributed by atoms with E-state index in [9.17, 15) is 0 Å². The fourth-order valence-electron chi connectivity index (χ4n) is 2.71. The largest absolute Gasteiger partial charge is 0.367 e. The van der Waals surface area contributed by atoms with Crippen molar-refractivity contribution in [2.75, 3.05) is 31.1 Å². The van der Waals surface area contributed by atoms with Gasteiger partial charge in [0.25, 0.3) is 0 Å². The van der Waals surface area contributed by atoms with Crippen LogP contribution < -0.4 is 10.2 Å². The highest BCUT2D eigenvalue weighted by Crippen LogP contribution is 2.38. The van der Waals surface area contributed by atoms with E-state index in [-0.39, 0.29) is 12.4 Å². The van der Waals surface area contributed by atoms with Crippen molar-refractivity contribution < 1.29 is 0 Å². The van der Waals surface area contributed by atoms with Crippen molar-refractivity contribution in [1.82, 2.24) is 10.3 Å². The topological polar surface area (TPSA) is 28.2 Å². The molecule has 0 aliphatic carbocycles. The Morgan fingerprint density at radius 1 is 1.14 bits per heavy atom. The molecule has 0 saturated carbocycles. The van der Waals surface area contributed by atoms with Gasteiger partial charge in [0.15, 0.2) is 0 Å². The Balaban J connectivity index is 0.00000161. The lowest BCUT2D eigenvalue weighted by molar-refractivity contribution is 0.590. The van der Waals surface area contributed by atoms with Crippen LogP contribution in [0.5, 0.6) is 0 Å². The minimum Gasteiger partial charge on any atom is -0.367 e. The van der Waals surface area contributed by atoms with E-state index in [4.69, 9.17) is 23.2 Å². The van der Waals surface area contributed by atoms with Gasteiger partial charge in [-0.05, 0) is 31.5 Å². The fourth-order valence-corrected chi connectivity index (χ4v) is 3.13. The zero-order valence-electron chi connectivity index (χ0n) is 12.0. The van der Waals surface area contributed by atoms with E-state index >= 15 is 0 Å². The zero-order chi connectivity index (χ0) is 14.3. The lowest BCUT2D eigenvalue weighted by atomic mass is 10.1. The number of aryl methyl sites for hydroxylation is 2. The Morgan fingerprint density at radius 3 is 2.48 bits per heavy atom. The number of hydrogen-bond donors (Lipinski definition) is 1. The molecule has 1 N–H and O–H groups in total. The van der Waals surface area contributed by atoms with Gasteiger partial charge in [0, 0.05) is 36.6 Å². The average Bonchev–Trinajstić information content (AvgIpc) is 2.46. The molecule has 2 aromatic rings. The molecule has 1 aliphatic heterocycles. The van der Waals surface area contributed by atoms with Crippen LogP contribution in [-0.2, 0) is 0 Å². The predicted octanol–water partition coefficient (Wildman–Crippen LogP) is 3.99. The smallest absolute Gasteiger partial charge is 0.0858 e. The predicted molar refractivity (Wildman–Crippen MR) is 93.6 cm³/mol. The van der Waals surface area contributed by atoms with Crippen LogP contribution in [0.1, 0.15) is 11.3 Å². The van der Waals surface area contributed by atoms with Crippen LogP contribution in [-0.4, -0.2) is 31.2 Å². The second-order valence-corrected chi connectivity index (χ2v) is 5.95. The van der Waals surface area contributed by atoms with E-state index in [2.05, 4.69) is 15.2 Å². The summed E-state index contributed by atoms with van der Waals surface area (Å²) in [4.78, 5) is 6.97. The molecule has 3 rings (SSSR count). The molecule has 21 heavy (non-hydrogen) atoms. The number of anilines is 1. The molecule has 0 unspecified atom stereocenters. The van der Waals surface area contributed by atoms with Gasteiger partial charge in [-0.1, -0.05) is 23.2 Å². The zero-order valence-corrected chi connectivity index (χ0v) is 14.4. The highest BCUT2D eigenvalue weighted by Gasteiger charge is 2.20. The van der Waals surface area contributed by atoms with E-state index in [1.165, 1.54) is 0 Å². The van der Waals surface area contributed by atoms with Crippen molar-refractivity contribution in [3.8, 4) is 0 Å². The lowest BCUT2D eigenvalue weighted by Gasteiger charge is -2.31. The number of rotatable bonds is 1. The van der Waals surface area contributed by atoms with E-state index in [1.807, 2.05) is 26.0 Å². The standard InChI is InChI=1S/C15H17Cl2N3.ClH/c1-9-12(16)4-3-11-14(9)19-10(2)13(17)15(11)20-7-5-18-6-8-20;/h3-4,18H,5-8H2,1-2H3;1H. The molecule has 0 atom stereocenters. The molecule has 0 bridgehead atoms. The number of nitrogens with zero attached hydrogens (tertiary/aromatic N) is 2. The monoisotopic (exact) mass is 345 g/mol. The summed E-state index contributed by atoms with van der Waals surface area (Å²) in [6.45, 7) is 7.83. The molecule has 1 fully saturated rings. The number of hydrogen-bond acceptors (Lipinski definition) is 3. The fraction of sp³-hybridized carbons (Fsp3) is 0.400. The first-order valence-electron chi connectivity index (χ1n) is 6.80. The van der Waals surface area contributed by atoms with Gasteiger partial charge in [0.05, 0.1) is 21.9 Å². The number of pyridine rings is 1. The van der Waals surface area contributed by atoms with Crippen LogP contribution in [0.3, 0.4) is 0 Å². The number of piperazine rings is 1. The van der Waals surface area contributed by atoms with Crippen molar-refractivity contribution in [2.24, 2.45) is 0 Å². The Labute approximate surface area is 141 Å². The Bertz CT molecular complexity index is 667. The van der Waals surface area contributed by atoms with Crippen LogP contribution in [0, 0.1) is 13.8 Å². The summed E-state index contributed by atoms with van der Waals surface area (Å²) in [6, 6.07) is 3.96. The molecule has 0 amide bonds. The second kappa shape index (κ2) is 6.57. The van der Waals surface area contributed by atoms with E-state index < -0.39 is 0 Å². The van der Waals surface area contributed by atoms with Gasteiger partial charge in [-0.3, -0.25) is 4.98 Å². The quantitative estimate of drug-likeness (QED) is 0.846. The number of fused-ring (bicyclic) bond motifs is 1. The molecule has 0 spiro atoms. The van der Waals surface area contributed by atoms with Crippen molar-refractivity contribution in [1.29, 1.82) is 0 Å². The molecule has 1 saturated heterocycles. The summed E-state index contributed by atoms with van der Waals surface area (Å²) in [5.74, 6) is 0. The summed E-state index contributed by atoms with van der Waals surface area (Å²) in [5.41, 5.74) is 3.92. The van der Waals surface area contributed by atoms with E-state index in [0.29, 0.717) is 0 Å². The minimum absolute atomic E-state index is 0. The van der Waals surface area contributed by atoms with Crippen molar-refractivity contribution >= 4 is 52.2 Å². The van der Waals surface area contributed by atoms with E-state index in [0.717, 1.165) is 64.1 Å². The number of benzene rings is 1. The van der Waals surface area contributed by atoms with Crippen LogP contribution in [0.4, 0.5) is 5.69 Å². The van der Waals surface area contributed by atoms with Crippen LogP contribution in [0.15, 0.2) is 12.1 Å². The second-order valence-electron chi connectivity index (χ2n) is 5.17. The Kier molecular flexibility index (Phi) is 5.20. The molecule has 6 heteroatoms. The maximum Gasteiger partial charge on any atom is 0.0858 e. The lowest BCUT2D eigenvalue weighted by Crippen LogP contribution is -2.43. The summed E-state index contributed by atoms with van der Waals surface area (Å²) in [6.07, 6.45) is 0. The van der Waals surface area contributed by atoms with Crippen molar-refractivity contribution in [2.45, 2.75) is 13.8 Å². The van der Waals surface area contributed by atoms with E-state index in [1.54, 1.807) is 0 Å². The first-order chi connectivity index (χ1) is 9.59. The van der Waals surface area contributed by atoms with Gasteiger partial charge in [-0.2, -0.15) is 0 Å². The molecule has 1 aliphatic rings. The molecule has 0 radical (unpaired) electrons. The van der Waals surface area contributed by atoms with Gasteiger partial charge in [-0.15, -0.1) is 12.4 Å². The number of nitrogens with one attached hydrogen (secondary N) is 1. The van der Waals surface area contributed by atoms with Gasteiger partial charge < -0.3 is 10.2 Å². The first kappa shape index (κ1) is 16.6. The molecular formula is C15H18Cl3N3. The van der Waals surface area contributed by atoms with Crippen LogP contribution >= 0.6 is 35.6 Å². The first-order valence-corrected chi connectivity index (χ1v) is 7.55. The third-order valence-corrected chi connectivity index (χ3v) is 4.72. The molecule has 1 aromatic heterocycles. The maximum absolute atomic E-state index is 6.54. The molecule has 1 aromatic carbocycles. The molecule has 3 nitrogen and oxygen atoms in total. The summed E-state index contributed by atoms with van der Waals surface area (Å²) >= 11 is 12.8. The van der Waals surface area contributed by atoms with Crippen LogP contribution in [0.2, 0.25) is 10.0 Å². The Hall–Kier alpha value is -0.740. The maximum atomic E-state index is 6.54. The average molecular weight is 347 g/mol. The van der Waals surface area contributed by atoms with Crippen molar-refractivity contribution in [3.63, 3.8) is 0 Å². The van der Waals surface area contributed by atoms with Gasteiger partial charge >= 0.3 is 0 Å². The summed E-state index contributed by atoms with van der Waals surface area (Å²) in [7, 11) is 0. The highest BCUT2D eigenvalue weighted by atomic mass is 35.5. The van der Waals surface area contributed by atoms with Crippen molar-refractivity contribution in [3.05, 3.63) is 33.4 Å². The Morgan fingerprint density at radius 2 is 1.81 bits per heavy atom. The van der Waals surface area contributed by atoms with Gasteiger partial charge in [-0.25, -0.2) is 0 Å². The normalized spacial score (nSPS) is 15.1. The third-order valence-electron chi connectivity index (χ3n) is 3.86. The van der Waals surface area contributed by atoms with Gasteiger partial charge in [0.1, 0.15) is 0 Å². The molecule has 114 valence electrons.